The maximum atomic E-state index is 14.1. The third-order valence-corrected chi connectivity index (χ3v) is 5.03. The lowest BCUT2D eigenvalue weighted by Crippen LogP contribution is -2.35. The monoisotopic (exact) mass is 288 g/mol. The van der Waals surface area contributed by atoms with E-state index < -0.39 is 21.4 Å². The fourth-order valence-electron chi connectivity index (χ4n) is 1.88. The Hall–Kier alpha value is -0.940. The van der Waals surface area contributed by atoms with Crippen LogP contribution in [-0.2, 0) is 9.84 Å². The van der Waals surface area contributed by atoms with Crippen LogP contribution in [0, 0.1) is 5.92 Å². The van der Waals surface area contributed by atoms with Crippen molar-refractivity contribution in [2.75, 3.05) is 0 Å². The normalized spacial score (nSPS) is 16.8. The Kier molecular flexibility index (Phi) is 5.94. The minimum absolute atomic E-state index is 0.0933. The molecule has 0 saturated heterocycles. The van der Waals surface area contributed by atoms with Crippen LogP contribution in [0.1, 0.15) is 33.1 Å². The molecular weight excluding hydrogens is 267 g/mol. The Morgan fingerprint density at radius 3 is 2.37 bits per heavy atom. The molecule has 0 spiro atoms. The number of aliphatic hydroxyl groups excluding tert-OH is 1. The molecule has 0 aliphatic carbocycles. The van der Waals surface area contributed by atoms with E-state index >= 15 is 0 Å². The van der Waals surface area contributed by atoms with E-state index in [9.17, 15) is 17.9 Å². The van der Waals surface area contributed by atoms with Crippen LogP contribution in [0.3, 0.4) is 0 Å². The molecular formula is C14H21FO3S. The largest absolute Gasteiger partial charge is 0.389 e. The summed E-state index contributed by atoms with van der Waals surface area (Å²) < 4.78 is 38.1. The van der Waals surface area contributed by atoms with E-state index in [2.05, 4.69) is 0 Å². The fourth-order valence-corrected chi connectivity index (χ4v) is 3.31. The van der Waals surface area contributed by atoms with Crippen LogP contribution >= 0.6 is 0 Å². The first kappa shape index (κ1) is 16.1. The van der Waals surface area contributed by atoms with E-state index in [-0.39, 0.29) is 10.8 Å². The maximum Gasteiger partial charge on any atom is 0.231 e. The van der Waals surface area contributed by atoms with Crippen LogP contribution in [0.2, 0.25) is 0 Å². The van der Waals surface area contributed by atoms with Gasteiger partial charge in [-0.3, -0.25) is 0 Å². The molecule has 3 atom stereocenters. The molecule has 1 aromatic rings. The van der Waals surface area contributed by atoms with E-state index in [4.69, 9.17) is 0 Å². The van der Waals surface area contributed by atoms with Gasteiger partial charge in [0.05, 0.1) is 4.90 Å². The van der Waals surface area contributed by atoms with E-state index in [1.165, 1.54) is 24.3 Å². The summed E-state index contributed by atoms with van der Waals surface area (Å²) in [5.74, 6) is -0.381. The average molecular weight is 288 g/mol. The molecule has 3 nitrogen and oxygen atoms in total. The van der Waals surface area contributed by atoms with E-state index in [1.807, 2.05) is 6.92 Å². The van der Waals surface area contributed by atoms with Crippen LogP contribution in [0.4, 0.5) is 4.39 Å². The highest BCUT2D eigenvalue weighted by atomic mass is 32.2. The van der Waals surface area contributed by atoms with Crippen LogP contribution in [-0.4, -0.2) is 25.1 Å². The number of unbranched alkanes of at least 4 members (excludes halogenated alkanes) is 1. The summed E-state index contributed by atoms with van der Waals surface area (Å²) in [5, 5.41) is 9.86. The SMILES string of the molecule is CCCC[C@@H](C)C(O)C(F)S(=O)(=O)c1ccccc1. The van der Waals surface area contributed by atoms with Crippen LogP contribution in [0.15, 0.2) is 35.2 Å². The summed E-state index contributed by atoms with van der Waals surface area (Å²) in [4.78, 5) is -0.0933. The summed E-state index contributed by atoms with van der Waals surface area (Å²) in [5.41, 5.74) is -2.28. The lowest BCUT2D eigenvalue weighted by atomic mass is 9.99. The van der Waals surface area contributed by atoms with Gasteiger partial charge >= 0.3 is 0 Å². The maximum absolute atomic E-state index is 14.1. The molecule has 0 fully saturated rings. The molecule has 0 bridgehead atoms. The Morgan fingerprint density at radius 1 is 1.26 bits per heavy atom. The predicted molar refractivity (Wildman–Crippen MR) is 73.2 cm³/mol. The van der Waals surface area contributed by atoms with Gasteiger partial charge in [-0.25, -0.2) is 12.8 Å². The first-order valence-electron chi connectivity index (χ1n) is 6.52. The highest BCUT2D eigenvalue weighted by Gasteiger charge is 2.36. The molecule has 0 aliphatic heterocycles. The molecule has 5 heteroatoms. The van der Waals surface area contributed by atoms with E-state index in [1.54, 1.807) is 13.0 Å². The van der Waals surface area contributed by atoms with Crippen LogP contribution in [0.25, 0.3) is 0 Å². The number of benzene rings is 1. The molecule has 0 saturated carbocycles. The average Bonchev–Trinajstić information content (AvgIpc) is 2.43. The van der Waals surface area contributed by atoms with Gasteiger partial charge in [0.15, 0.2) is 0 Å². The number of rotatable bonds is 7. The second-order valence-corrected chi connectivity index (χ2v) is 6.83. The number of hydrogen-bond acceptors (Lipinski definition) is 3. The molecule has 0 heterocycles. The van der Waals surface area contributed by atoms with Crippen molar-refractivity contribution in [1.82, 2.24) is 0 Å². The summed E-state index contributed by atoms with van der Waals surface area (Å²) in [6.07, 6.45) is 0.898. The zero-order chi connectivity index (χ0) is 14.5. The fraction of sp³-hybridized carbons (Fsp3) is 0.571. The van der Waals surface area contributed by atoms with Gasteiger partial charge in [-0.15, -0.1) is 0 Å². The van der Waals surface area contributed by atoms with Gasteiger partial charge in [-0.05, 0) is 24.5 Å². The van der Waals surface area contributed by atoms with Crippen LogP contribution < -0.4 is 0 Å². The number of aliphatic hydroxyl groups is 1. The molecule has 0 aromatic heterocycles. The second-order valence-electron chi connectivity index (χ2n) is 4.82. The molecule has 0 aliphatic rings. The molecule has 1 rings (SSSR count). The first-order valence-corrected chi connectivity index (χ1v) is 8.07. The van der Waals surface area contributed by atoms with Gasteiger partial charge < -0.3 is 5.11 Å². The Morgan fingerprint density at radius 2 is 1.84 bits per heavy atom. The van der Waals surface area contributed by atoms with Crippen molar-refractivity contribution < 1.29 is 17.9 Å². The lowest BCUT2D eigenvalue weighted by Gasteiger charge is -2.22. The smallest absolute Gasteiger partial charge is 0.231 e. The molecule has 108 valence electrons. The Bertz CT molecular complexity index is 473. The van der Waals surface area contributed by atoms with Crippen molar-refractivity contribution in [2.24, 2.45) is 5.92 Å². The highest BCUT2D eigenvalue weighted by molar-refractivity contribution is 7.92. The molecule has 1 N–H and O–H groups in total. The highest BCUT2D eigenvalue weighted by Crippen LogP contribution is 2.25. The molecule has 0 radical (unpaired) electrons. The second kappa shape index (κ2) is 7.01. The number of sulfone groups is 1. The Labute approximate surface area is 114 Å². The van der Waals surface area contributed by atoms with Gasteiger partial charge in [-0.2, -0.15) is 0 Å². The van der Waals surface area contributed by atoms with Gasteiger partial charge in [0.2, 0.25) is 15.3 Å². The van der Waals surface area contributed by atoms with Gasteiger partial charge in [-0.1, -0.05) is 44.9 Å². The van der Waals surface area contributed by atoms with Crippen molar-refractivity contribution in [3.63, 3.8) is 0 Å². The van der Waals surface area contributed by atoms with Crippen molar-refractivity contribution >= 4 is 9.84 Å². The third-order valence-electron chi connectivity index (χ3n) is 3.23. The van der Waals surface area contributed by atoms with Crippen molar-refractivity contribution in [1.29, 1.82) is 0 Å². The standard InChI is InChI=1S/C14H21FO3S/c1-3-4-8-11(2)13(16)14(15)19(17,18)12-9-6-5-7-10-12/h5-7,9-11,13-14,16H,3-4,8H2,1-2H3/t11-,13?,14?/m1/s1. The zero-order valence-corrected chi connectivity index (χ0v) is 12.1. The minimum Gasteiger partial charge on any atom is -0.389 e. The molecule has 0 amide bonds. The topological polar surface area (TPSA) is 54.4 Å². The zero-order valence-electron chi connectivity index (χ0n) is 11.3. The summed E-state index contributed by atoms with van der Waals surface area (Å²) >= 11 is 0. The Balaban J connectivity index is 2.84. The first-order chi connectivity index (χ1) is 8.91. The number of alkyl halides is 1. The van der Waals surface area contributed by atoms with E-state index in [0.29, 0.717) is 6.42 Å². The predicted octanol–water partition coefficient (Wildman–Crippen LogP) is 2.94. The molecule has 2 unspecified atom stereocenters. The van der Waals surface area contributed by atoms with Gasteiger partial charge in [0.25, 0.3) is 0 Å². The van der Waals surface area contributed by atoms with Gasteiger partial charge in [0, 0.05) is 0 Å². The van der Waals surface area contributed by atoms with Crippen molar-refractivity contribution in [3.8, 4) is 0 Å². The van der Waals surface area contributed by atoms with Crippen LogP contribution in [0.5, 0.6) is 0 Å². The summed E-state index contributed by atoms with van der Waals surface area (Å²) in [6, 6.07) is 7.40. The van der Waals surface area contributed by atoms with E-state index in [0.717, 1.165) is 12.8 Å². The van der Waals surface area contributed by atoms with Crippen molar-refractivity contribution in [3.05, 3.63) is 30.3 Å². The lowest BCUT2D eigenvalue weighted by molar-refractivity contribution is 0.0650. The third kappa shape index (κ3) is 4.01. The molecule has 1 aromatic carbocycles. The van der Waals surface area contributed by atoms with Gasteiger partial charge in [0.1, 0.15) is 6.10 Å². The minimum atomic E-state index is -4.12. The summed E-state index contributed by atoms with van der Waals surface area (Å²) in [6.45, 7) is 3.67. The molecule has 19 heavy (non-hydrogen) atoms. The number of hydrogen-bond donors (Lipinski definition) is 1. The quantitative estimate of drug-likeness (QED) is 0.839. The van der Waals surface area contributed by atoms with Crippen molar-refractivity contribution in [2.45, 2.75) is 49.6 Å². The summed E-state index contributed by atoms with van der Waals surface area (Å²) in [7, 11) is -4.12. The number of halogens is 1.